The van der Waals surface area contributed by atoms with Crippen molar-refractivity contribution in [3.63, 3.8) is 0 Å². The molecule has 1 aromatic heterocycles. The highest BCUT2D eigenvalue weighted by atomic mass is 35.5. The molecule has 0 saturated carbocycles. The zero-order valence-corrected chi connectivity index (χ0v) is 10.4. The van der Waals surface area contributed by atoms with Crippen LogP contribution in [0, 0.1) is 0 Å². The van der Waals surface area contributed by atoms with Gasteiger partial charge in [0.2, 0.25) is 0 Å². The molecular weight excluding hydrogens is 230 g/mol. The van der Waals surface area contributed by atoms with Crippen molar-refractivity contribution in [3.8, 4) is 0 Å². The molecule has 1 unspecified atom stereocenters. The van der Waals surface area contributed by atoms with Gasteiger partial charge in [0.25, 0.3) is 0 Å². The lowest BCUT2D eigenvalue weighted by molar-refractivity contribution is -0.712. The number of aromatic nitrogens is 1. The number of halogens is 1. The van der Waals surface area contributed by atoms with Gasteiger partial charge in [-0.1, -0.05) is 43.0 Å². The summed E-state index contributed by atoms with van der Waals surface area (Å²) in [5.41, 5.74) is 1.34. The molecule has 0 aliphatic heterocycles. The van der Waals surface area contributed by atoms with E-state index in [9.17, 15) is 0 Å². The van der Waals surface area contributed by atoms with E-state index in [1.807, 2.05) is 30.3 Å². The van der Waals surface area contributed by atoms with Gasteiger partial charge in [-0.05, 0) is 11.6 Å². The molecule has 1 heterocycles. The number of hydrogen-bond acceptors (Lipinski definition) is 0. The van der Waals surface area contributed by atoms with Gasteiger partial charge in [-0.25, -0.2) is 0 Å². The predicted molar refractivity (Wildman–Crippen MR) is 66.0 cm³/mol. The van der Waals surface area contributed by atoms with Crippen molar-refractivity contribution in [2.45, 2.75) is 12.5 Å². The van der Waals surface area contributed by atoms with E-state index in [0.717, 1.165) is 6.42 Å². The highest BCUT2D eigenvalue weighted by Gasteiger charge is 2.13. The van der Waals surface area contributed by atoms with Crippen LogP contribution in [0.5, 0.6) is 0 Å². The highest BCUT2D eigenvalue weighted by Crippen LogP contribution is 2.09. The van der Waals surface area contributed by atoms with Crippen LogP contribution in [0.2, 0.25) is 0 Å². The lowest BCUT2D eigenvalue weighted by atomic mass is 10.1. The maximum Gasteiger partial charge on any atom is 0.180 e. The summed E-state index contributed by atoms with van der Waals surface area (Å²) in [6, 6.07) is 16.9. The summed E-state index contributed by atoms with van der Waals surface area (Å²) in [5.74, 6) is 0. The minimum Gasteiger partial charge on any atom is -1.00 e. The van der Waals surface area contributed by atoms with Gasteiger partial charge < -0.3 is 12.4 Å². The predicted octanol–water partition coefficient (Wildman–Crippen LogP) is -0.0521. The average Bonchev–Trinajstić information content (AvgIpc) is 2.38. The summed E-state index contributed by atoms with van der Waals surface area (Å²) in [6.07, 6.45) is 7.14. The molecule has 0 saturated heterocycles. The van der Waals surface area contributed by atoms with Crippen molar-refractivity contribution < 1.29 is 17.0 Å². The van der Waals surface area contributed by atoms with Crippen molar-refractivity contribution in [3.05, 3.63) is 79.1 Å². The van der Waals surface area contributed by atoms with Crippen LogP contribution < -0.4 is 17.0 Å². The number of nitrogens with zero attached hydrogens (tertiary/aromatic N) is 1. The molecule has 0 aliphatic rings. The summed E-state index contributed by atoms with van der Waals surface area (Å²) in [7, 11) is 0. The van der Waals surface area contributed by atoms with E-state index >= 15 is 0 Å². The van der Waals surface area contributed by atoms with Gasteiger partial charge in [0, 0.05) is 18.6 Å². The molecule has 17 heavy (non-hydrogen) atoms. The van der Waals surface area contributed by atoms with Gasteiger partial charge in [0.15, 0.2) is 18.4 Å². The van der Waals surface area contributed by atoms with E-state index in [-0.39, 0.29) is 12.4 Å². The van der Waals surface area contributed by atoms with Crippen LogP contribution in [0.3, 0.4) is 0 Å². The quantitative estimate of drug-likeness (QED) is 0.525. The second-order valence-electron chi connectivity index (χ2n) is 3.82. The van der Waals surface area contributed by atoms with Gasteiger partial charge in [-0.3, -0.25) is 0 Å². The fourth-order valence-corrected chi connectivity index (χ4v) is 1.80. The normalized spacial score (nSPS) is 11.3. The van der Waals surface area contributed by atoms with Crippen molar-refractivity contribution >= 4 is 0 Å². The minimum atomic E-state index is 0. The first-order valence-corrected chi connectivity index (χ1v) is 5.52. The van der Waals surface area contributed by atoms with E-state index in [0.29, 0.717) is 6.04 Å². The summed E-state index contributed by atoms with van der Waals surface area (Å²) in [4.78, 5) is 0. The fourth-order valence-electron chi connectivity index (χ4n) is 1.80. The molecule has 1 atom stereocenters. The van der Waals surface area contributed by atoms with Crippen molar-refractivity contribution in [1.29, 1.82) is 0 Å². The molecule has 2 rings (SSSR count). The standard InChI is InChI=1S/C15H16N.ClH/c1-2-15(16-11-7-4-8-12-16)13-14-9-5-3-6-10-14;/h2-12,15H,1,13H2;1H/q+1;/p-1. The molecule has 88 valence electrons. The Morgan fingerprint density at radius 2 is 1.59 bits per heavy atom. The average molecular weight is 246 g/mol. The van der Waals surface area contributed by atoms with Gasteiger partial charge in [-0.2, -0.15) is 4.57 Å². The lowest BCUT2D eigenvalue weighted by Gasteiger charge is -2.07. The number of allylic oxidation sites excluding steroid dienone is 1. The molecule has 2 aromatic rings. The first-order valence-electron chi connectivity index (χ1n) is 5.52. The smallest absolute Gasteiger partial charge is 0.180 e. The largest absolute Gasteiger partial charge is 1.00 e. The molecule has 1 aromatic carbocycles. The Labute approximate surface area is 109 Å². The number of pyridine rings is 1. The third-order valence-electron chi connectivity index (χ3n) is 2.68. The molecule has 0 fully saturated rings. The van der Waals surface area contributed by atoms with Crippen molar-refractivity contribution in [1.82, 2.24) is 0 Å². The Kier molecular flexibility index (Phi) is 5.44. The Morgan fingerprint density at radius 1 is 1.00 bits per heavy atom. The molecule has 0 aliphatic carbocycles. The van der Waals surface area contributed by atoms with Gasteiger partial charge in [-0.15, -0.1) is 0 Å². The zero-order chi connectivity index (χ0) is 11.2. The van der Waals surface area contributed by atoms with Crippen LogP contribution in [0.4, 0.5) is 0 Å². The molecule has 2 heteroatoms. The molecular formula is C15H16ClN. The first-order chi connectivity index (χ1) is 7.90. The summed E-state index contributed by atoms with van der Waals surface area (Å²) in [6.45, 7) is 3.91. The van der Waals surface area contributed by atoms with Crippen LogP contribution in [0.1, 0.15) is 11.6 Å². The Hall–Kier alpha value is -1.60. The van der Waals surface area contributed by atoms with E-state index in [2.05, 4.69) is 47.8 Å². The number of rotatable bonds is 4. The Bertz CT molecular complexity index is 439. The second-order valence-corrected chi connectivity index (χ2v) is 3.82. The maximum absolute atomic E-state index is 3.91. The SMILES string of the molecule is C=CC(Cc1ccccc1)[n+]1ccccc1.[Cl-]. The van der Waals surface area contributed by atoms with Gasteiger partial charge in [0.05, 0.1) is 0 Å². The van der Waals surface area contributed by atoms with Crippen LogP contribution in [0.15, 0.2) is 73.6 Å². The van der Waals surface area contributed by atoms with E-state index in [4.69, 9.17) is 0 Å². The topological polar surface area (TPSA) is 3.88 Å². The minimum absolute atomic E-state index is 0. The van der Waals surface area contributed by atoms with Gasteiger partial charge in [0.1, 0.15) is 0 Å². The summed E-state index contributed by atoms with van der Waals surface area (Å²) in [5, 5.41) is 0. The molecule has 0 bridgehead atoms. The highest BCUT2D eigenvalue weighted by molar-refractivity contribution is 5.15. The molecule has 0 amide bonds. The molecule has 0 radical (unpaired) electrons. The number of hydrogen-bond donors (Lipinski definition) is 0. The van der Waals surface area contributed by atoms with Crippen molar-refractivity contribution in [2.24, 2.45) is 0 Å². The fraction of sp³-hybridized carbons (Fsp3) is 0.133. The van der Waals surface area contributed by atoms with Crippen molar-refractivity contribution in [2.75, 3.05) is 0 Å². The van der Waals surface area contributed by atoms with Crippen LogP contribution in [0.25, 0.3) is 0 Å². The van der Waals surface area contributed by atoms with Gasteiger partial charge >= 0.3 is 0 Å². The van der Waals surface area contributed by atoms with E-state index in [1.54, 1.807) is 0 Å². The monoisotopic (exact) mass is 245 g/mol. The lowest BCUT2D eigenvalue weighted by Crippen LogP contribution is -3.00. The third-order valence-corrected chi connectivity index (χ3v) is 2.68. The summed E-state index contributed by atoms with van der Waals surface area (Å²) < 4.78 is 2.18. The molecule has 0 N–H and O–H groups in total. The van der Waals surface area contributed by atoms with Crippen LogP contribution in [-0.2, 0) is 6.42 Å². The third kappa shape index (κ3) is 3.72. The first kappa shape index (κ1) is 13.5. The number of benzene rings is 1. The van der Waals surface area contributed by atoms with Crippen LogP contribution in [-0.4, -0.2) is 0 Å². The maximum atomic E-state index is 3.91. The summed E-state index contributed by atoms with van der Waals surface area (Å²) >= 11 is 0. The van der Waals surface area contributed by atoms with E-state index in [1.165, 1.54) is 5.56 Å². The molecule has 1 nitrogen and oxygen atoms in total. The Morgan fingerprint density at radius 3 is 2.18 bits per heavy atom. The van der Waals surface area contributed by atoms with E-state index < -0.39 is 0 Å². The molecule has 0 spiro atoms. The van der Waals surface area contributed by atoms with Crippen LogP contribution >= 0.6 is 0 Å². The second kappa shape index (κ2) is 6.87. The Balaban J connectivity index is 0.00000144. The zero-order valence-electron chi connectivity index (χ0n) is 9.67.